The fraction of sp³-hybridized carbons (Fsp3) is 0.545. The van der Waals surface area contributed by atoms with Crippen molar-refractivity contribution in [1.29, 1.82) is 0 Å². The molecule has 0 aliphatic heterocycles. The Labute approximate surface area is 100 Å². The highest BCUT2D eigenvalue weighted by Gasteiger charge is 2.10. The number of hydrogen-bond donors (Lipinski definition) is 0. The lowest BCUT2D eigenvalue weighted by Gasteiger charge is -2.16. The Morgan fingerprint density at radius 1 is 1.41 bits per heavy atom. The first kappa shape index (κ1) is 13.2. The summed E-state index contributed by atoms with van der Waals surface area (Å²) in [5, 5.41) is 0. The van der Waals surface area contributed by atoms with Gasteiger partial charge in [-0.3, -0.25) is 9.59 Å². The zero-order chi connectivity index (χ0) is 12.7. The van der Waals surface area contributed by atoms with Gasteiger partial charge >= 0.3 is 5.97 Å². The summed E-state index contributed by atoms with van der Waals surface area (Å²) in [5.74, 6) is -0.304. The first-order valence-electron chi connectivity index (χ1n) is 5.40. The van der Waals surface area contributed by atoms with Crippen LogP contribution in [-0.2, 0) is 20.9 Å². The number of rotatable bonds is 6. The number of carbonyl (C=O) groups excluding carboxylic acids is 2. The lowest BCUT2D eigenvalue weighted by atomic mass is 10.3. The van der Waals surface area contributed by atoms with Crippen molar-refractivity contribution in [3.63, 3.8) is 0 Å². The molecule has 0 saturated heterocycles. The minimum Gasteiger partial charge on any atom is -0.469 e. The van der Waals surface area contributed by atoms with E-state index < -0.39 is 0 Å². The van der Waals surface area contributed by atoms with Crippen molar-refractivity contribution < 1.29 is 14.3 Å². The molecule has 0 N–H and O–H groups in total. The zero-order valence-electron chi connectivity index (χ0n) is 10.1. The summed E-state index contributed by atoms with van der Waals surface area (Å²) >= 11 is 0. The third kappa shape index (κ3) is 4.67. The molecule has 0 aliphatic rings. The quantitative estimate of drug-likeness (QED) is 0.669. The van der Waals surface area contributed by atoms with Crippen molar-refractivity contribution in [1.82, 2.24) is 14.5 Å². The maximum absolute atomic E-state index is 11.7. The van der Waals surface area contributed by atoms with Crippen molar-refractivity contribution in [2.75, 3.05) is 20.7 Å². The minimum absolute atomic E-state index is 0.00241. The number of hydrogen-bond acceptors (Lipinski definition) is 4. The maximum Gasteiger partial charge on any atom is 0.307 e. The van der Waals surface area contributed by atoms with Gasteiger partial charge in [-0.1, -0.05) is 0 Å². The van der Waals surface area contributed by atoms with E-state index in [4.69, 9.17) is 0 Å². The van der Waals surface area contributed by atoms with Crippen LogP contribution in [0.1, 0.15) is 12.8 Å². The van der Waals surface area contributed by atoms with Crippen molar-refractivity contribution in [3.05, 3.63) is 18.7 Å². The number of aryl methyl sites for hydroxylation is 1. The molecule has 17 heavy (non-hydrogen) atoms. The Kier molecular flexibility index (Phi) is 5.19. The van der Waals surface area contributed by atoms with Gasteiger partial charge in [0, 0.05) is 39.0 Å². The van der Waals surface area contributed by atoms with Crippen LogP contribution in [0.3, 0.4) is 0 Å². The van der Waals surface area contributed by atoms with Gasteiger partial charge in [0.05, 0.1) is 19.9 Å². The predicted molar refractivity (Wildman–Crippen MR) is 61.1 cm³/mol. The Hall–Kier alpha value is -1.85. The van der Waals surface area contributed by atoms with E-state index in [0.29, 0.717) is 19.5 Å². The number of aromatic nitrogens is 2. The number of carbonyl (C=O) groups is 2. The SMILES string of the molecule is COC(=O)CCN(C)C(=O)CCn1ccnc1. The lowest BCUT2D eigenvalue weighted by Crippen LogP contribution is -2.29. The molecule has 0 bridgehead atoms. The number of methoxy groups -OCH3 is 1. The molecule has 6 heteroatoms. The fourth-order valence-corrected chi connectivity index (χ4v) is 1.32. The van der Waals surface area contributed by atoms with E-state index in [-0.39, 0.29) is 18.3 Å². The van der Waals surface area contributed by atoms with E-state index in [9.17, 15) is 9.59 Å². The molecule has 0 fully saturated rings. The van der Waals surface area contributed by atoms with E-state index in [2.05, 4.69) is 9.72 Å². The molecule has 0 saturated carbocycles. The molecule has 6 nitrogen and oxygen atoms in total. The van der Waals surface area contributed by atoms with Crippen molar-refractivity contribution >= 4 is 11.9 Å². The summed E-state index contributed by atoms with van der Waals surface area (Å²) in [5.41, 5.74) is 0. The number of ether oxygens (including phenoxy) is 1. The monoisotopic (exact) mass is 239 g/mol. The molecule has 0 aliphatic carbocycles. The summed E-state index contributed by atoms with van der Waals surface area (Å²) in [4.78, 5) is 28.0. The molecule has 0 unspecified atom stereocenters. The summed E-state index contributed by atoms with van der Waals surface area (Å²) in [7, 11) is 3.02. The van der Waals surface area contributed by atoms with Gasteiger partial charge in [0.2, 0.25) is 5.91 Å². The molecule has 0 atom stereocenters. The van der Waals surface area contributed by atoms with Crippen LogP contribution in [0.5, 0.6) is 0 Å². The van der Waals surface area contributed by atoms with E-state index in [1.165, 1.54) is 12.0 Å². The third-order valence-corrected chi connectivity index (χ3v) is 2.45. The first-order chi connectivity index (χ1) is 8.13. The molecule has 0 radical (unpaired) electrons. The Bertz CT molecular complexity index is 362. The number of esters is 1. The summed E-state index contributed by atoms with van der Waals surface area (Å²) in [6, 6.07) is 0. The molecule has 1 aromatic rings. The van der Waals surface area contributed by atoms with Gasteiger partial charge in [0.25, 0.3) is 0 Å². The molecule has 0 spiro atoms. The van der Waals surface area contributed by atoms with Crippen LogP contribution in [-0.4, -0.2) is 47.0 Å². The van der Waals surface area contributed by atoms with Crippen molar-refractivity contribution in [2.45, 2.75) is 19.4 Å². The molecule has 1 aromatic heterocycles. The van der Waals surface area contributed by atoms with Crippen molar-refractivity contribution in [2.24, 2.45) is 0 Å². The Morgan fingerprint density at radius 2 is 2.18 bits per heavy atom. The van der Waals surface area contributed by atoms with Crippen LogP contribution < -0.4 is 0 Å². The largest absolute Gasteiger partial charge is 0.469 e. The van der Waals surface area contributed by atoms with E-state index in [1.807, 2.05) is 10.8 Å². The predicted octanol–water partition coefficient (Wildman–Crippen LogP) is 0.295. The van der Waals surface area contributed by atoms with Gasteiger partial charge in [-0.2, -0.15) is 0 Å². The van der Waals surface area contributed by atoms with Crippen LogP contribution in [0, 0.1) is 0 Å². The molecular weight excluding hydrogens is 222 g/mol. The number of imidazole rings is 1. The molecule has 1 amide bonds. The summed E-state index contributed by atoms with van der Waals surface area (Å²) in [6.07, 6.45) is 5.77. The van der Waals surface area contributed by atoms with Crippen LogP contribution in [0.15, 0.2) is 18.7 Å². The van der Waals surface area contributed by atoms with Gasteiger partial charge in [-0.25, -0.2) is 4.98 Å². The molecular formula is C11H17N3O3. The second-order valence-electron chi connectivity index (χ2n) is 3.69. The fourth-order valence-electron chi connectivity index (χ4n) is 1.32. The van der Waals surface area contributed by atoms with Crippen LogP contribution in [0.4, 0.5) is 0 Å². The van der Waals surface area contributed by atoms with E-state index in [0.717, 1.165) is 0 Å². The second kappa shape index (κ2) is 6.67. The third-order valence-electron chi connectivity index (χ3n) is 2.45. The average Bonchev–Trinajstić information content (AvgIpc) is 2.85. The molecule has 94 valence electrons. The van der Waals surface area contributed by atoms with Crippen LogP contribution >= 0.6 is 0 Å². The zero-order valence-corrected chi connectivity index (χ0v) is 10.1. The standard InChI is InChI=1S/C11H17N3O3/c1-13(6-4-11(16)17-2)10(15)3-7-14-8-5-12-9-14/h5,8-9H,3-4,6-7H2,1-2H3. The average molecular weight is 239 g/mol. The lowest BCUT2D eigenvalue weighted by molar-refractivity contribution is -0.141. The summed E-state index contributed by atoms with van der Waals surface area (Å²) in [6.45, 7) is 0.983. The smallest absolute Gasteiger partial charge is 0.307 e. The van der Waals surface area contributed by atoms with Crippen molar-refractivity contribution in [3.8, 4) is 0 Å². The van der Waals surface area contributed by atoms with Crippen LogP contribution in [0.25, 0.3) is 0 Å². The van der Waals surface area contributed by atoms with E-state index >= 15 is 0 Å². The first-order valence-corrected chi connectivity index (χ1v) is 5.40. The molecule has 0 aromatic carbocycles. The Morgan fingerprint density at radius 3 is 2.76 bits per heavy atom. The van der Waals surface area contributed by atoms with Gasteiger partial charge in [-0.05, 0) is 0 Å². The molecule has 1 rings (SSSR count). The maximum atomic E-state index is 11.7. The van der Waals surface area contributed by atoms with Gasteiger partial charge in [-0.15, -0.1) is 0 Å². The highest BCUT2D eigenvalue weighted by molar-refractivity contribution is 5.76. The normalized spacial score (nSPS) is 10.0. The van der Waals surface area contributed by atoms with Crippen LogP contribution in [0.2, 0.25) is 0 Å². The van der Waals surface area contributed by atoms with Gasteiger partial charge in [0.15, 0.2) is 0 Å². The minimum atomic E-state index is -0.306. The number of amides is 1. The van der Waals surface area contributed by atoms with Gasteiger partial charge < -0.3 is 14.2 Å². The number of nitrogens with zero attached hydrogens (tertiary/aromatic N) is 3. The topological polar surface area (TPSA) is 64.4 Å². The Balaban J connectivity index is 2.24. The highest BCUT2D eigenvalue weighted by Crippen LogP contribution is 1.97. The highest BCUT2D eigenvalue weighted by atomic mass is 16.5. The van der Waals surface area contributed by atoms with Gasteiger partial charge in [0.1, 0.15) is 0 Å². The second-order valence-corrected chi connectivity index (χ2v) is 3.69. The summed E-state index contributed by atoms with van der Waals surface area (Å²) < 4.78 is 6.35. The van der Waals surface area contributed by atoms with E-state index in [1.54, 1.807) is 19.6 Å². The molecule has 1 heterocycles.